The number of ether oxygens (including phenoxy) is 2. The first-order valence-corrected chi connectivity index (χ1v) is 13.5. The van der Waals surface area contributed by atoms with Gasteiger partial charge in [-0.1, -0.05) is 47.3 Å². The van der Waals surface area contributed by atoms with Crippen molar-refractivity contribution in [3.63, 3.8) is 0 Å². The lowest BCUT2D eigenvalue weighted by Gasteiger charge is -2.25. The van der Waals surface area contributed by atoms with Gasteiger partial charge in [0.1, 0.15) is 6.61 Å². The highest BCUT2D eigenvalue weighted by atomic mass is 79.9. The summed E-state index contributed by atoms with van der Waals surface area (Å²) in [5, 5.41) is 10.8. The zero-order valence-corrected chi connectivity index (χ0v) is 22.3. The maximum atomic E-state index is 13.0. The molecule has 2 aromatic rings. The Morgan fingerprint density at radius 2 is 1.89 bits per heavy atom. The SMILES string of the molecule is CCOc1cc(/C=C2/SC(=O)N(CC3CCCCC3)C2=O)c(Br)cc1OCc1cccc([N+](=O)[O-])c1. The molecular weight excluding hydrogens is 548 g/mol. The zero-order valence-electron chi connectivity index (χ0n) is 19.9. The van der Waals surface area contributed by atoms with Gasteiger partial charge in [-0.15, -0.1) is 0 Å². The molecule has 0 atom stereocenters. The molecule has 8 nitrogen and oxygen atoms in total. The summed E-state index contributed by atoms with van der Waals surface area (Å²) in [6, 6.07) is 9.75. The van der Waals surface area contributed by atoms with Crippen molar-refractivity contribution >= 4 is 50.6 Å². The summed E-state index contributed by atoms with van der Waals surface area (Å²) in [6.07, 6.45) is 7.34. The number of nitro benzene ring substituents is 1. The number of carbonyl (C=O) groups excluding carboxylic acids is 2. The average Bonchev–Trinajstić information content (AvgIpc) is 3.13. The summed E-state index contributed by atoms with van der Waals surface area (Å²) in [4.78, 5) is 37.9. The fourth-order valence-electron chi connectivity index (χ4n) is 4.39. The first-order valence-electron chi connectivity index (χ1n) is 11.9. The van der Waals surface area contributed by atoms with Gasteiger partial charge in [0.05, 0.1) is 16.4 Å². The van der Waals surface area contributed by atoms with Crippen LogP contribution in [-0.2, 0) is 11.4 Å². The van der Waals surface area contributed by atoms with Crippen molar-refractivity contribution in [2.24, 2.45) is 5.92 Å². The van der Waals surface area contributed by atoms with Crippen molar-refractivity contribution < 1.29 is 24.0 Å². The summed E-state index contributed by atoms with van der Waals surface area (Å²) >= 11 is 4.50. The molecular formula is C26H27BrN2O6S. The van der Waals surface area contributed by atoms with Crippen molar-refractivity contribution in [3.8, 4) is 11.5 Å². The minimum atomic E-state index is -0.447. The summed E-state index contributed by atoms with van der Waals surface area (Å²) in [7, 11) is 0. The lowest BCUT2D eigenvalue weighted by atomic mass is 9.89. The second-order valence-corrected chi connectivity index (χ2v) is 10.6. The third-order valence-corrected chi connectivity index (χ3v) is 7.80. The Hall–Kier alpha value is -2.85. The number of imide groups is 1. The van der Waals surface area contributed by atoms with Crippen LogP contribution in [0.25, 0.3) is 6.08 Å². The molecule has 1 saturated carbocycles. The highest BCUT2D eigenvalue weighted by Gasteiger charge is 2.36. The summed E-state index contributed by atoms with van der Waals surface area (Å²) in [6.45, 7) is 2.85. The van der Waals surface area contributed by atoms with Gasteiger partial charge in [0, 0.05) is 23.2 Å². The highest BCUT2D eigenvalue weighted by molar-refractivity contribution is 9.10. The van der Waals surface area contributed by atoms with Crippen LogP contribution in [0, 0.1) is 16.0 Å². The fourth-order valence-corrected chi connectivity index (χ4v) is 5.67. The number of amides is 2. The Morgan fingerprint density at radius 3 is 2.61 bits per heavy atom. The van der Waals surface area contributed by atoms with E-state index in [2.05, 4.69) is 15.9 Å². The van der Waals surface area contributed by atoms with Gasteiger partial charge < -0.3 is 9.47 Å². The minimum absolute atomic E-state index is 0.00454. The van der Waals surface area contributed by atoms with E-state index in [1.54, 1.807) is 30.3 Å². The average molecular weight is 575 g/mol. The van der Waals surface area contributed by atoms with E-state index < -0.39 is 4.92 Å². The molecule has 1 aliphatic heterocycles. The van der Waals surface area contributed by atoms with Crippen LogP contribution in [0.3, 0.4) is 0 Å². The number of non-ortho nitro benzene ring substituents is 1. The molecule has 4 rings (SSSR count). The number of nitrogens with zero attached hydrogens (tertiary/aromatic N) is 2. The molecule has 2 aliphatic rings. The van der Waals surface area contributed by atoms with Gasteiger partial charge in [-0.2, -0.15) is 0 Å². The normalized spacial score (nSPS) is 17.6. The van der Waals surface area contributed by atoms with E-state index in [1.165, 1.54) is 23.5 Å². The van der Waals surface area contributed by atoms with Gasteiger partial charge in [0.15, 0.2) is 11.5 Å². The van der Waals surface area contributed by atoms with Crippen molar-refractivity contribution in [2.75, 3.05) is 13.2 Å². The highest BCUT2D eigenvalue weighted by Crippen LogP contribution is 2.39. The van der Waals surface area contributed by atoms with Crippen molar-refractivity contribution in [3.05, 3.63) is 67.0 Å². The second-order valence-electron chi connectivity index (χ2n) is 8.77. The van der Waals surface area contributed by atoms with E-state index in [4.69, 9.17) is 9.47 Å². The number of halogens is 1. The predicted molar refractivity (Wildman–Crippen MR) is 142 cm³/mol. The molecule has 1 heterocycles. The molecule has 10 heteroatoms. The Kier molecular flexibility index (Phi) is 8.68. The quantitative estimate of drug-likeness (QED) is 0.181. The maximum absolute atomic E-state index is 13.0. The van der Waals surface area contributed by atoms with E-state index in [-0.39, 0.29) is 23.4 Å². The molecule has 2 aromatic carbocycles. The van der Waals surface area contributed by atoms with Crippen LogP contribution in [0.4, 0.5) is 10.5 Å². The van der Waals surface area contributed by atoms with E-state index >= 15 is 0 Å². The Balaban J connectivity index is 1.52. The molecule has 2 amide bonds. The number of nitro groups is 1. The topological polar surface area (TPSA) is 99.0 Å². The van der Waals surface area contributed by atoms with Gasteiger partial charge in [-0.3, -0.25) is 24.6 Å². The Morgan fingerprint density at radius 1 is 1.14 bits per heavy atom. The summed E-state index contributed by atoms with van der Waals surface area (Å²) in [5.41, 5.74) is 1.33. The number of rotatable bonds is 9. The Bertz CT molecular complexity index is 1190. The van der Waals surface area contributed by atoms with Gasteiger partial charge in [-0.05, 0) is 66.8 Å². The smallest absolute Gasteiger partial charge is 0.293 e. The molecule has 2 fully saturated rings. The second kappa shape index (κ2) is 11.9. The lowest BCUT2D eigenvalue weighted by molar-refractivity contribution is -0.384. The van der Waals surface area contributed by atoms with E-state index in [1.807, 2.05) is 6.92 Å². The molecule has 190 valence electrons. The maximum Gasteiger partial charge on any atom is 0.293 e. The predicted octanol–water partition coefficient (Wildman–Crippen LogP) is 6.95. The molecule has 1 saturated heterocycles. The summed E-state index contributed by atoms with van der Waals surface area (Å²) < 4.78 is 12.4. The lowest BCUT2D eigenvalue weighted by Crippen LogP contribution is -2.34. The first kappa shape index (κ1) is 26.2. The largest absolute Gasteiger partial charge is 0.490 e. The number of benzene rings is 2. The molecule has 0 aromatic heterocycles. The molecule has 1 aliphatic carbocycles. The minimum Gasteiger partial charge on any atom is -0.490 e. The van der Waals surface area contributed by atoms with E-state index in [9.17, 15) is 19.7 Å². The van der Waals surface area contributed by atoms with Crippen LogP contribution in [-0.4, -0.2) is 34.1 Å². The van der Waals surface area contributed by atoms with Crippen LogP contribution in [0.5, 0.6) is 11.5 Å². The van der Waals surface area contributed by atoms with Crippen LogP contribution in [0.1, 0.15) is 50.2 Å². The number of thioether (sulfide) groups is 1. The Labute approximate surface area is 222 Å². The standard InChI is InChI=1S/C26H27BrN2O6S/c1-2-34-22-12-19(13-24-25(30)28(26(31)36-24)15-17-7-4-3-5-8-17)21(27)14-23(22)35-16-18-9-6-10-20(11-18)29(32)33/h6,9-14,17H,2-5,7-8,15-16H2,1H3/b24-13+. The molecule has 0 N–H and O–H groups in total. The van der Waals surface area contributed by atoms with Crippen LogP contribution in [0.2, 0.25) is 0 Å². The summed E-state index contributed by atoms with van der Waals surface area (Å²) in [5.74, 6) is 1.05. The monoisotopic (exact) mass is 574 g/mol. The van der Waals surface area contributed by atoms with Gasteiger partial charge >= 0.3 is 0 Å². The van der Waals surface area contributed by atoms with E-state index in [0.29, 0.717) is 51.1 Å². The van der Waals surface area contributed by atoms with Crippen molar-refractivity contribution in [1.82, 2.24) is 4.90 Å². The molecule has 0 bridgehead atoms. The molecule has 36 heavy (non-hydrogen) atoms. The molecule has 0 unspecified atom stereocenters. The van der Waals surface area contributed by atoms with Crippen LogP contribution >= 0.6 is 27.7 Å². The number of carbonyl (C=O) groups is 2. The third kappa shape index (κ3) is 6.28. The third-order valence-electron chi connectivity index (χ3n) is 6.20. The van der Waals surface area contributed by atoms with Gasteiger partial charge in [0.2, 0.25) is 0 Å². The fraction of sp³-hybridized carbons (Fsp3) is 0.385. The van der Waals surface area contributed by atoms with Gasteiger partial charge in [-0.25, -0.2) is 0 Å². The first-order chi connectivity index (χ1) is 17.4. The van der Waals surface area contributed by atoms with Crippen molar-refractivity contribution in [1.29, 1.82) is 0 Å². The molecule has 0 spiro atoms. The molecule has 0 radical (unpaired) electrons. The number of hydrogen-bond donors (Lipinski definition) is 0. The zero-order chi connectivity index (χ0) is 25.7. The van der Waals surface area contributed by atoms with Crippen LogP contribution in [0.15, 0.2) is 45.8 Å². The number of hydrogen-bond acceptors (Lipinski definition) is 7. The van der Waals surface area contributed by atoms with E-state index in [0.717, 1.165) is 37.4 Å². The van der Waals surface area contributed by atoms with Crippen LogP contribution < -0.4 is 9.47 Å². The van der Waals surface area contributed by atoms with Crippen molar-refractivity contribution in [2.45, 2.75) is 45.6 Å². The van der Waals surface area contributed by atoms with Gasteiger partial charge in [0.25, 0.3) is 16.8 Å².